The third-order valence-electron chi connectivity index (χ3n) is 32.2. The second-order valence-electron chi connectivity index (χ2n) is 37.8. The van der Waals surface area contributed by atoms with Crippen LogP contribution in [-0.2, 0) is 10.8 Å². The fourth-order valence-corrected chi connectivity index (χ4v) is 29.1. The lowest BCUT2D eigenvalue weighted by Gasteiger charge is -2.61. The summed E-state index contributed by atoms with van der Waals surface area (Å²) in [5.74, 6) is 6.70. The largest absolute Gasteiger partial charge is 0.456 e. The molecule has 0 atom stereocenters. The second kappa shape index (κ2) is 24.7. The van der Waals surface area contributed by atoms with Crippen molar-refractivity contribution in [2.24, 2.45) is 47.3 Å². The number of hydrogen-bond acceptors (Lipinski definition) is 2. The summed E-state index contributed by atoms with van der Waals surface area (Å²) in [7, 11) is 0. The zero-order valence-electron chi connectivity index (χ0n) is 67.6. The fourth-order valence-electron chi connectivity index (χ4n) is 28.0. The molecule has 5 nitrogen and oxygen atoms in total. The minimum Gasteiger partial charge on any atom is -0.456 e. The topological polar surface area (TPSA) is 32.9 Å². The molecular formula is C116H84N4OS. The number of nitrogens with zero attached hydrogens (tertiary/aromatic N) is 4. The number of fused-ring (bicyclic) bond motifs is 24. The van der Waals surface area contributed by atoms with Crippen LogP contribution in [0.1, 0.15) is 86.5 Å². The molecule has 2 spiro atoms. The van der Waals surface area contributed by atoms with Gasteiger partial charge < -0.3 is 22.7 Å². The van der Waals surface area contributed by atoms with E-state index in [1.807, 2.05) is 17.4 Å². The number of benzene rings is 16. The van der Waals surface area contributed by atoms with E-state index in [9.17, 15) is 0 Å². The first-order chi connectivity index (χ1) is 60.4. The van der Waals surface area contributed by atoms with Crippen molar-refractivity contribution in [2.75, 3.05) is 0 Å². The Hall–Kier alpha value is -13.3. The van der Waals surface area contributed by atoms with Crippen LogP contribution in [0.15, 0.2) is 344 Å². The van der Waals surface area contributed by atoms with Gasteiger partial charge in [-0.25, -0.2) is 0 Å². The number of thiophene rings is 1. The SMILES string of the molecule is c1ccc2c(c1)-c1ccc(-n3c4ccccc4c4cc(-c5ccc6c(c5)c5ccccc5n6-c5ccc6c(c5)oc5ccccc56)ccc43)cc1C21C2CC3CC(C2)CC1C3.c1ccc2c(c1)-c1ccc(-n3c4ccccc4c4cc(-c5ccc6c(c5)c5ccccc5n6-c5ccc6c(c5)sc5ccccc56)ccc43)cc1C21C2CC3CC(C2)CC1C3. The summed E-state index contributed by atoms with van der Waals surface area (Å²) in [6, 6.07) is 129. The molecule has 8 bridgehead atoms. The fraction of sp³-hybridized carbons (Fsp3) is 0.172. The van der Waals surface area contributed by atoms with Crippen LogP contribution in [0.2, 0.25) is 0 Å². The van der Waals surface area contributed by atoms with Crippen molar-refractivity contribution >= 4 is 141 Å². The second-order valence-corrected chi connectivity index (χ2v) is 38.9. The van der Waals surface area contributed by atoms with Gasteiger partial charge in [0, 0.05) is 114 Å². The molecule has 10 aliphatic carbocycles. The highest BCUT2D eigenvalue weighted by Gasteiger charge is 2.63. The summed E-state index contributed by atoms with van der Waals surface area (Å²) >= 11 is 1.88. The maximum absolute atomic E-state index is 6.35. The van der Waals surface area contributed by atoms with Gasteiger partial charge in [-0.3, -0.25) is 0 Å². The van der Waals surface area contributed by atoms with Crippen molar-refractivity contribution in [1.29, 1.82) is 0 Å². The summed E-state index contributed by atoms with van der Waals surface area (Å²) in [5, 5.41) is 15.2. The summed E-state index contributed by atoms with van der Waals surface area (Å²) < 4.78 is 19.0. The molecule has 22 aromatic rings. The molecule has 0 amide bonds. The lowest BCUT2D eigenvalue weighted by molar-refractivity contribution is -0.0399. The molecule has 0 unspecified atom stereocenters. The standard InChI is InChI=1S/C58H42N2O.C58H42N2S/c2*1-5-13-50-42(9-1)43-21-19-40(32-51(43)58(50)38-26-34-25-35(28-38)29-39(58)27-34)59-52-14-6-2-10-44(52)48-30-36(17-23-54(48)59)37-18-24-55-49(31-37)45-11-3-7-15-53(45)60(55)41-20-22-47-46-12-4-8-16-56(46)61-57(47)33-41/h2*1-24,30-35,38-39H,25-29H2. The minimum absolute atomic E-state index is 0.142. The van der Waals surface area contributed by atoms with Gasteiger partial charge in [-0.05, 0) is 312 Å². The number of hydrogen-bond donors (Lipinski definition) is 0. The Morgan fingerprint density at radius 2 is 0.525 bits per heavy atom. The molecule has 6 aromatic heterocycles. The van der Waals surface area contributed by atoms with Gasteiger partial charge in [0.05, 0.1) is 44.1 Å². The normalized spacial score (nSPS) is 22.5. The first-order valence-corrected chi connectivity index (χ1v) is 45.7. The van der Waals surface area contributed by atoms with Crippen molar-refractivity contribution in [2.45, 2.75) is 75.0 Å². The first-order valence-electron chi connectivity index (χ1n) is 44.8. The van der Waals surface area contributed by atoms with Gasteiger partial charge in [0.15, 0.2) is 0 Å². The molecule has 8 fully saturated rings. The molecule has 0 radical (unpaired) electrons. The zero-order valence-corrected chi connectivity index (χ0v) is 68.4. The predicted octanol–water partition coefficient (Wildman–Crippen LogP) is 30.8. The Morgan fingerprint density at radius 3 is 0.959 bits per heavy atom. The van der Waals surface area contributed by atoms with Crippen LogP contribution in [0.4, 0.5) is 0 Å². The van der Waals surface area contributed by atoms with Crippen LogP contribution in [0.3, 0.4) is 0 Å². The van der Waals surface area contributed by atoms with Gasteiger partial charge in [-0.1, -0.05) is 200 Å². The third-order valence-corrected chi connectivity index (χ3v) is 33.3. The molecule has 6 heterocycles. The molecule has 0 N–H and O–H groups in total. The van der Waals surface area contributed by atoms with Crippen LogP contribution in [0.25, 0.3) is 197 Å². The number of para-hydroxylation sites is 5. The molecule has 8 saturated carbocycles. The van der Waals surface area contributed by atoms with Crippen LogP contribution in [-0.4, -0.2) is 18.3 Å². The highest BCUT2D eigenvalue weighted by atomic mass is 32.1. The lowest BCUT2D eigenvalue weighted by atomic mass is 9.43. The number of aromatic nitrogens is 4. The van der Waals surface area contributed by atoms with Crippen LogP contribution in [0, 0.1) is 47.3 Å². The van der Waals surface area contributed by atoms with E-state index in [0.29, 0.717) is 0 Å². The molecule has 32 rings (SSSR count). The van der Waals surface area contributed by atoms with E-state index in [-0.39, 0.29) is 10.8 Å². The van der Waals surface area contributed by atoms with E-state index in [0.717, 1.165) is 75.0 Å². The van der Waals surface area contributed by atoms with E-state index in [1.165, 1.54) is 233 Å². The summed E-state index contributed by atoms with van der Waals surface area (Å²) in [5.41, 5.74) is 34.3. The predicted molar refractivity (Wildman–Crippen MR) is 508 cm³/mol. The Labute approximate surface area is 709 Å². The number of rotatable bonds is 6. The summed E-state index contributed by atoms with van der Waals surface area (Å²) in [4.78, 5) is 0. The van der Waals surface area contributed by atoms with Crippen molar-refractivity contribution < 1.29 is 4.42 Å². The maximum atomic E-state index is 6.35. The van der Waals surface area contributed by atoms with Crippen LogP contribution >= 0.6 is 11.3 Å². The average Bonchev–Trinajstić information content (AvgIpc) is 1.50. The molecule has 580 valence electrons. The Bertz CT molecular complexity index is 7800. The van der Waals surface area contributed by atoms with Gasteiger partial charge in [0.2, 0.25) is 0 Å². The van der Waals surface area contributed by atoms with Gasteiger partial charge in [0.1, 0.15) is 11.2 Å². The monoisotopic (exact) mass is 1580 g/mol. The smallest absolute Gasteiger partial charge is 0.137 e. The van der Waals surface area contributed by atoms with Crippen molar-refractivity contribution in [3.63, 3.8) is 0 Å². The molecule has 122 heavy (non-hydrogen) atoms. The minimum atomic E-state index is 0.142. The number of furan rings is 1. The molecule has 0 saturated heterocycles. The maximum Gasteiger partial charge on any atom is 0.137 e. The quantitative estimate of drug-likeness (QED) is 0.163. The molecule has 0 aliphatic heterocycles. The van der Waals surface area contributed by atoms with Gasteiger partial charge in [0.25, 0.3) is 0 Å². The van der Waals surface area contributed by atoms with Crippen molar-refractivity contribution in [3.8, 4) is 67.3 Å². The van der Waals surface area contributed by atoms with Gasteiger partial charge in [-0.15, -0.1) is 11.3 Å². The Kier molecular flexibility index (Phi) is 13.7. The van der Waals surface area contributed by atoms with Crippen LogP contribution < -0.4 is 0 Å². The van der Waals surface area contributed by atoms with E-state index in [1.54, 1.807) is 22.3 Å². The third kappa shape index (κ3) is 9.07. The molecule has 10 aliphatic rings. The lowest BCUT2D eigenvalue weighted by Crippen LogP contribution is -2.55. The molecular weight excluding hydrogens is 1500 g/mol. The molecule has 6 heteroatoms. The average molecular weight is 1580 g/mol. The van der Waals surface area contributed by atoms with Crippen LogP contribution in [0.5, 0.6) is 0 Å². The van der Waals surface area contributed by atoms with E-state index < -0.39 is 0 Å². The van der Waals surface area contributed by atoms with E-state index in [4.69, 9.17) is 4.42 Å². The van der Waals surface area contributed by atoms with E-state index in [2.05, 4.69) is 352 Å². The van der Waals surface area contributed by atoms with Crippen molar-refractivity contribution in [1.82, 2.24) is 18.3 Å². The zero-order chi connectivity index (χ0) is 79.1. The summed E-state index contributed by atoms with van der Waals surface area (Å²) in [6.45, 7) is 0. The summed E-state index contributed by atoms with van der Waals surface area (Å²) in [6.07, 6.45) is 14.1. The Balaban J connectivity index is 0.000000123. The van der Waals surface area contributed by atoms with Gasteiger partial charge >= 0.3 is 0 Å². The van der Waals surface area contributed by atoms with Crippen molar-refractivity contribution in [3.05, 3.63) is 362 Å². The highest BCUT2D eigenvalue weighted by Crippen LogP contribution is 2.72. The molecule has 16 aromatic carbocycles. The van der Waals surface area contributed by atoms with E-state index >= 15 is 0 Å². The first kappa shape index (κ1) is 67.5. The highest BCUT2D eigenvalue weighted by molar-refractivity contribution is 7.25. The Morgan fingerprint density at radius 1 is 0.213 bits per heavy atom. The van der Waals surface area contributed by atoms with Gasteiger partial charge in [-0.2, -0.15) is 0 Å².